The summed E-state index contributed by atoms with van der Waals surface area (Å²) in [5, 5.41) is 6.35. The fraction of sp³-hybridized carbons (Fsp3) is 0.0476. The number of imidazole rings is 1. The Morgan fingerprint density at radius 2 is 1.85 bits per heavy atom. The van der Waals surface area contributed by atoms with Gasteiger partial charge < -0.3 is 0 Å². The zero-order valence-corrected chi connectivity index (χ0v) is 15.0. The summed E-state index contributed by atoms with van der Waals surface area (Å²) in [4.78, 5) is 13.0. The lowest BCUT2D eigenvalue weighted by Gasteiger charge is -2.06. The number of pyridine rings is 2. The molecule has 0 saturated carbocycles. The first-order valence-corrected chi connectivity index (χ1v) is 8.93. The van der Waals surface area contributed by atoms with E-state index in [0.717, 1.165) is 39.9 Å². The molecule has 0 aliphatic heterocycles. The zero-order valence-electron chi connectivity index (χ0n) is 14.2. The molecule has 0 radical (unpaired) electrons. The Kier molecular flexibility index (Phi) is 3.80. The average molecular weight is 372 g/mol. The van der Waals surface area contributed by atoms with Gasteiger partial charge in [0.1, 0.15) is 5.15 Å². The summed E-state index contributed by atoms with van der Waals surface area (Å²) in [5.41, 5.74) is 5.77. The molecular weight excluding hydrogens is 358 g/mol. The number of hydrogen-bond donors (Lipinski definition) is 0. The minimum Gasteiger partial charge on any atom is -0.256 e. The van der Waals surface area contributed by atoms with Crippen molar-refractivity contribution in [1.29, 1.82) is 0 Å². The molecule has 0 spiro atoms. The minimum atomic E-state index is 0.467. The van der Waals surface area contributed by atoms with Crippen molar-refractivity contribution in [3.8, 4) is 11.3 Å². The van der Waals surface area contributed by atoms with Crippen LogP contribution >= 0.6 is 11.6 Å². The summed E-state index contributed by atoms with van der Waals surface area (Å²) in [5.74, 6) is 0. The van der Waals surface area contributed by atoms with Gasteiger partial charge in [0.15, 0.2) is 5.65 Å². The molecule has 5 rings (SSSR count). The first kappa shape index (κ1) is 15.9. The third-order valence-corrected chi connectivity index (χ3v) is 4.73. The van der Waals surface area contributed by atoms with Gasteiger partial charge in [0.25, 0.3) is 0 Å². The number of rotatable bonds is 3. The molecule has 5 nitrogen and oxygen atoms in total. The molecule has 27 heavy (non-hydrogen) atoms. The van der Waals surface area contributed by atoms with Crippen LogP contribution < -0.4 is 0 Å². The number of benzene rings is 1. The Morgan fingerprint density at radius 3 is 2.74 bits per heavy atom. The van der Waals surface area contributed by atoms with Gasteiger partial charge >= 0.3 is 0 Å². The highest BCUT2D eigenvalue weighted by atomic mass is 35.5. The second kappa shape index (κ2) is 6.45. The molecular formula is C21H14ClN5. The summed E-state index contributed by atoms with van der Waals surface area (Å²) in [6.07, 6.45) is 6.15. The van der Waals surface area contributed by atoms with Crippen LogP contribution in [0.25, 0.3) is 27.8 Å². The van der Waals surface area contributed by atoms with Crippen LogP contribution in [0, 0.1) is 0 Å². The molecule has 5 aromatic rings. The quantitative estimate of drug-likeness (QED) is 0.435. The van der Waals surface area contributed by atoms with Crippen LogP contribution in [0.5, 0.6) is 0 Å². The molecule has 0 N–H and O–H groups in total. The lowest BCUT2D eigenvalue weighted by atomic mass is 10.1. The fourth-order valence-corrected chi connectivity index (χ4v) is 3.28. The van der Waals surface area contributed by atoms with Gasteiger partial charge in [-0.1, -0.05) is 23.7 Å². The predicted octanol–water partition coefficient (Wildman–Crippen LogP) is 4.58. The van der Waals surface area contributed by atoms with Crippen molar-refractivity contribution in [3.63, 3.8) is 0 Å². The molecule has 130 valence electrons. The highest BCUT2D eigenvalue weighted by Gasteiger charge is 2.09. The number of halogens is 1. The van der Waals surface area contributed by atoms with Gasteiger partial charge in [-0.05, 0) is 48.0 Å². The average Bonchev–Trinajstić information content (AvgIpc) is 3.10. The van der Waals surface area contributed by atoms with Crippen LogP contribution in [0.3, 0.4) is 0 Å². The second-order valence-corrected chi connectivity index (χ2v) is 6.70. The Bertz CT molecular complexity index is 1260. The zero-order chi connectivity index (χ0) is 18.2. The molecule has 1 aromatic carbocycles. The molecule has 0 atom stereocenters. The molecule has 0 aliphatic carbocycles. The number of nitrogens with zero attached hydrogens (tertiary/aromatic N) is 5. The molecule has 0 amide bonds. The molecule has 6 heteroatoms. The highest BCUT2D eigenvalue weighted by molar-refractivity contribution is 6.29. The molecule has 0 aliphatic rings. The molecule has 4 heterocycles. The summed E-state index contributed by atoms with van der Waals surface area (Å²) in [6, 6.07) is 17.9. The Hall–Kier alpha value is -3.31. The molecule has 4 aromatic heterocycles. The maximum Gasteiger partial charge on any atom is 0.153 e. The van der Waals surface area contributed by atoms with Crippen LogP contribution in [0.1, 0.15) is 11.3 Å². The van der Waals surface area contributed by atoms with Gasteiger partial charge in [0.05, 0.1) is 23.1 Å². The maximum atomic E-state index is 5.88. The van der Waals surface area contributed by atoms with Gasteiger partial charge in [-0.25, -0.2) is 14.5 Å². The Morgan fingerprint density at radius 1 is 0.889 bits per heavy atom. The molecule has 0 fully saturated rings. The summed E-state index contributed by atoms with van der Waals surface area (Å²) < 4.78 is 1.89. The van der Waals surface area contributed by atoms with E-state index >= 15 is 0 Å². The molecule has 0 bridgehead atoms. The predicted molar refractivity (Wildman–Crippen MR) is 106 cm³/mol. The summed E-state index contributed by atoms with van der Waals surface area (Å²) in [7, 11) is 0. The van der Waals surface area contributed by atoms with Crippen molar-refractivity contribution >= 4 is 28.2 Å². The molecule has 0 unspecified atom stereocenters. The first-order chi connectivity index (χ1) is 13.3. The van der Waals surface area contributed by atoms with E-state index in [1.54, 1.807) is 12.3 Å². The van der Waals surface area contributed by atoms with Crippen molar-refractivity contribution in [2.75, 3.05) is 0 Å². The lowest BCUT2D eigenvalue weighted by Crippen LogP contribution is -2.00. The van der Waals surface area contributed by atoms with E-state index in [4.69, 9.17) is 16.7 Å². The topological polar surface area (TPSA) is 56.0 Å². The number of hydrogen-bond acceptors (Lipinski definition) is 4. The third kappa shape index (κ3) is 3.02. The van der Waals surface area contributed by atoms with E-state index in [1.165, 1.54) is 5.56 Å². The monoisotopic (exact) mass is 371 g/mol. The minimum absolute atomic E-state index is 0.467. The lowest BCUT2D eigenvalue weighted by molar-refractivity contribution is 0.876. The van der Waals surface area contributed by atoms with Gasteiger partial charge in [0, 0.05) is 29.8 Å². The first-order valence-electron chi connectivity index (χ1n) is 8.55. The normalized spacial score (nSPS) is 11.3. The third-order valence-electron chi connectivity index (χ3n) is 4.51. The largest absolute Gasteiger partial charge is 0.256 e. The van der Waals surface area contributed by atoms with Crippen LogP contribution in [-0.4, -0.2) is 24.6 Å². The standard InChI is InChI=1S/C21H14ClN5/c22-20-7-4-16(12-24-20)19-6-8-21-25-13-17(27(21)26-19)11-14-3-5-18-15(10-14)2-1-9-23-18/h1-10,12-13H,11H2. The Labute approximate surface area is 160 Å². The van der Waals surface area contributed by atoms with E-state index in [9.17, 15) is 0 Å². The summed E-state index contributed by atoms with van der Waals surface area (Å²) in [6.45, 7) is 0. The highest BCUT2D eigenvalue weighted by Crippen LogP contribution is 2.20. The van der Waals surface area contributed by atoms with Gasteiger partial charge in [-0.2, -0.15) is 5.10 Å². The van der Waals surface area contributed by atoms with Crippen molar-refractivity contribution in [2.24, 2.45) is 0 Å². The van der Waals surface area contributed by atoms with Gasteiger partial charge in [-0.3, -0.25) is 4.98 Å². The smallest absolute Gasteiger partial charge is 0.153 e. The summed E-state index contributed by atoms with van der Waals surface area (Å²) >= 11 is 5.88. The number of fused-ring (bicyclic) bond motifs is 2. The van der Waals surface area contributed by atoms with Crippen molar-refractivity contribution in [2.45, 2.75) is 6.42 Å². The van der Waals surface area contributed by atoms with E-state index < -0.39 is 0 Å². The van der Waals surface area contributed by atoms with Crippen molar-refractivity contribution in [3.05, 3.63) is 89.6 Å². The van der Waals surface area contributed by atoms with Crippen LogP contribution in [0.2, 0.25) is 5.15 Å². The van der Waals surface area contributed by atoms with Gasteiger partial charge in [-0.15, -0.1) is 0 Å². The fourth-order valence-electron chi connectivity index (χ4n) is 3.17. The van der Waals surface area contributed by atoms with Crippen molar-refractivity contribution in [1.82, 2.24) is 24.6 Å². The SMILES string of the molecule is Clc1ccc(-c2ccc3ncc(Cc4ccc5ncccc5c4)n3n2)cn1. The van der Waals surface area contributed by atoms with Crippen LogP contribution in [0.15, 0.2) is 73.2 Å². The number of aromatic nitrogens is 5. The van der Waals surface area contributed by atoms with Crippen molar-refractivity contribution < 1.29 is 0 Å². The Balaban J connectivity index is 1.54. The van der Waals surface area contributed by atoms with Gasteiger partial charge in [0.2, 0.25) is 0 Å². The molecule has 0 saturated heterocycles. The maximum absolute atomic E-state index is 5.88. The van der Waals surface area contributed by atoms with Crippen LogP contribution in [-0.2, 0) is 6.42 Å². The van der Waals surface area contributed by atoms with Crippen LogP contribution in [0.4, 0.5) is 0 Å². The van der Waals surface area contributed by atoms with E-state index in [-0.39, 0.29) is 0 Å². The van der Waals surface area contributed by atoms with E-state index in [2.05, 4.69) is 33.2 Å². The van der Waals surface area contributed by atoms with E-state index in [1.807, 2.05) is 47.2 Å². The van der Waals surface area contributed by atoms with E-state index in [0.29, 0.717) is 5.15 Å². The second-order valence-electron chi connectivity index (χ2n) is 6.31.